The summed E-state index contributed by atoms with van der Waals surface area (Å²) < 4.78 is 0. The third kappa shape index (κ3) is 6.17. The molecular weight excluding hydrogens is 191 g/mol. The summed E-state index contributed by atoms with van der Waals surface area (Å²) in [6, 6.07) is 0.523. The van der Waals surface area contributed by atoms with E-state index >= 15 is 0 Å². The molecule has 0 amide bonds. The fourth-order valence-electron chi connectivity index (χ4n) is 1.01. The van der Waals surface area contributed by atoms with Crippen LogP contribution >= 0.6 is 9.39 Å². The van der Waals surface area contributed by atoms with Gasteiger partial charge in [-0.3, -0.25) is 0 Å². The van der Waals surface area contributed by atoms with E-state index in [0.717, 1.165) is 12.2 Å². The summed E-state index contributed by atoms with van der Waals surface area (Å²) >= 11 is 0. The molecule has 0 saturated carbocycles. The molecule has 3 heteroatoms. The lowest BCUT2D eigenvalue weighted by atomic mass is 10.0. The van der Waals surface area contributed by atoms with E-state index < -0.39 is 0 Å². The minimum absolute atomic E-state index is 0.523. The Morgan fingerprint density at radius 3 is 2.29 bits per heavy atom. The Kier molecular flexibility index (Phi) is 6.86. The maximum absolute atomic E-state index is 3.89. The van der Waals surface area contributed by atoms with Crippen LogP contribution in [0.1, 0.15) is 27.7 Å². The van der Waals surface area contributed by atoms with Gasteiger partial charge in [-0.25, -0.2) is 0 Å². The summed E-state index contributed by atoms with van der Waals surface area (Å²) in [6.07, 6.45) is 2.10. The van der Waals surface area contributed by atoms with Crippen LogP contribution in [0.5, 0.6) is 0 Å². The quantitative estimate of drug-likeness (QED) is 0.524. The van der Waals surface area contributed by atoms with Crippen LogP contribution in [-0.4, -0.2) is 12.6 Å². The van der Waals surface area contributed by atoms with Crippen molar-refractivity contribution in [2.45, 2.75) is 33.7 Å². The van der Waals surface area contributed by atoms with Crippen molar-refractivity contribution < 1.29 is 0 Å². The van der Waals surface area contributed by atoms with Gasteiger partial charge in [-0.15, -0.1) is 0 Å². The standard InChI is InChI=1S/C11H23N2P/c1-8(2)11(6-10(5)13-14)7-12-9(3)4/h6,8-9,12-13H,5,7,14H2,1-4H3/b11-6+. The van der Waals surface area contributed by atoms with Crippen molar-refractivity contribution in [3.8, 4) is 0 Å². The molecule has 0 rings (SSSR count). The summed E-state index contributed by atoms with van der Waals surface area (Å²) in [7, 11) is 2.46. The predicted molar refractivity (Wildman–Crippen MR) is 68.0 cm³/mol. The molecule has 0 aromatic carbocycles. The van der Waals surface area contributed by atoms with Gasteiger partial charge >= 0.3 is 0 Å². The summed E-state index contributed by atoms with van der Waals surface area (Å²) in [5.41, 5.74) is 2.31. The molecule has 0 aliphatic heterocycles. The van der Waals surface area contributed by atoms with Gasteiger partial charge in [0, 0.05) is 18.3 Å². The summed E-state index contributed by atoms with van der Waals surface area (Å²) in [5.74, 6) is 0.552. The van der Waals surface area contributed by atoms with E-state index in [1.807, 2.05) is 0 Å². The summed E-state index contributed by atoms with van der Waals surface area (Å²) in [5, 5.41) is 6.37. The molecule has 1 atom stereocenters. The fraction of sp³-hybridized carbons (Fsp3) is 0.636. The minimum Gasteiger partial charge on any atom is -0.370 e. The van der Waals surface area contributed by atoms with E-state index in [2.05, 4.69) is 60.1 Å². The zero-order valence-corrected chi connectivity index (χ0v) is 10.9. The molecule has 0 spiro atoms. The molecule has 0 saturated heterocycles. The molecule has 0 radical (unpaired) electrons. The van der Waals surface area contributed by atoms with Crippen LogP contribution in [0.25, 0.3) is 0 Å². The van der Waals surface area contributed by atoms with Crippen LogP contribution in [0, 0.1) is 5.92 Å². The van der Waals surface area contributed by atoms with Gasteiger partial charge in [-0.05, 0) is 21.4 Å². The van der Waals surface area contributed by atoms with Crippen LogP contribution < -0.4 is 10.4 Å². The lowest BCUT2D eigenvalue weighted by molar-refractivity contribution is 0.590. The molecule has 0 aromatic rings. The lowest BCUT2D eigenvalue weighted by Gasteiger charge is -2.15. The number of rotatable bonds is 6. The second-order valence-corrected chi connectivity index (χ2v) is 4.37. The average Bonchev–Trinajstić information content (AvgIpc) is 2.10. The highest BCUT2D eigenvalue weighted by Crippen LogP contribution is 2.10. The van der Waals surface area contributed by atoms with Crippen molar-refractivity contribution >= 4 is 9.39 Å². The molecule has 0 aliphatic rings. The Balaban J connectivity index is 4.29. The third-order valence-electron chi connectivity index (χ3n) is 2.00. The van der Waals surface area contributed by atoms with Gasteiger partial charge in [-0.2, -0.15) is 0 Å². The van der Waals surface area contributed by atoms with Crippen molar-refractivity contribution in [3.63, 3.8) is 0 Å². The van der Waals surface area contributed by atoms with E-state index in [1.165, 1.54) is 5.57 Å². The van der Waals surface area contributed by atoms with E-state index in [4.69, 9.17) is 0 Å². The predicted octanol–water partition coefficient (Wildman–Crippen LogP) is 2.46. The van der Waals surface area contributed by atoms with Gasteiger partial charge in [0.05, 0.1) is 0 Å². The smallest absolute Gasteiger partial charge is 0.0295 e. The SMILES string of the molecule is C=C(/C=C(\CNC(C)C)C(C)C)NP. The Labute approximate surface area is 90.5 Å². The summed E-state index contributed by atoms with van der Waals surface area (Å²) in [4.78, 5) is 0. The lowest BCUT2D eigenvalue weighted by Crippen LogP contribution is -2.26. The first-order valence-electron chi connectivity index (χ1n) is 5.06. The van der Waals surface area contributed by atoms with E-state index in [-0.39, 0.29) is 0 Å². The molecule has 0 fully saturated rings. The Morgan fingerprint density at radius 2 is 1.93 bits per heavy atom. The highest BCUT2D eigenvalue weighted by atomic mass is 31.0. The van der Waals surface area contributed by atoms with Crippen LogP contribution in [0.4, 0.5) is 0 Å². The van der Waals surface area contributed by atoms with Crippen molar-refractivity contribution in [1.82, 2.24) is 10.4 Å². The molecule has 0 aromatic heterocycles. The molecule has 0 heterocycles. The number of hydrogen-bond donors (Lipinski definition) is 2. The molecular formula is C11H23N2P. The van der Waals surface area contributed by atoms with E-state index in [0.29, 0.717) is 12.0 Å². The van der Waals surface area contributed by atoms with Gasteiger partial charge in [0.25, 0.3) is 0 Å². The van der Waals surface area contributed by atoms with Gasteiger partial charge in [0.1, 0.15) is 0 Å². The Bertz CT molecular complexity index is 207. The van der Waals surface area contributed by atoms with Crippen LogP contribution in [0.2, 0.25) is 0 Å². The number of nitrogens with one attached hydrogen (secondary N) is 2. The first kappa shape index (κ1) is 13.7. The molecule has 0 bridgehead atoms. The van der Waals surface area contributed by atoms with Crippen molar-refractivity contribution in [1.29, 1.82) is 0 Å². The molecule has 82 valence electrons. The molecule has 14 heavy (non-hydrogen) atoms. The number of hydrogen-bond acceptors (Lipinski definition) is 2. The second-order valence-electron chi connectivity index (χ2n) is 4.08. The third-order valence-corrected chi connectivity index (χ3v) is 2.37. The molecule has 2 N–H and O–H groups in total. The minimum atomic E-state index is 0.523. The Hall–Kier alpha value is -0.330. The Morgan fingerprint density at radius 1 is 1.36 bits per heavy atom. The van der Waals surface area contributed by atoms with Crippen molar-refractivity contribution in [2.75, 3.05) is 6.54 Å². The second kappa shape index (κ2) is 7.03. The zero-order valence-electron chi connectivity index (χ0n) is 9.72. The average molecular weight is 214 g/mol. The molecule has 1 unspecified atom stereocenters. The maximum Gasteiger partial charge on any atom is 0.0295 e. The topological polar surface area (TPSA) is 24.1 Å². The molecule has 2 nitrogen and oxygen atoms in total. The van der Waals surface area contributed by atoms with Gasteiger partial charge in [-0.1, -0.05) is 39.8 Å². The summed E-state index contributed by atoms with van der Waals surface area (Å²) in [6.45, 7) is 13.5. The van der Waals surface area contributed by atoms with Crippen molar-refractivity contribution in [3.05, 3.63) is 23.9 Å². The van der Waals surface area contributed by atoms with Crippen LogP contribution in [0.15, 0.2) is 23.9 Å². The van der Waals surface area contributed by atoms with Gasteiger partial charge in [0.15, 0.2) is 0 Å². The molecule has 0 aliphatic carbocycles. The first-order chi connectivity index (χ1) is 6.47. The van der Waals surface area contributed by atoms with E-state index in [9.17, 15) is 0 Å². The van der Waals surface area contributed by atoms with E-state index in [1.54, 1.807) is 0 Å². The maximum atomic E-state index is 3.89. The van der Waals surface area contributed by atoms with Crippen LogP contribution in [0.3, 0.4) is 0 Å². The fourth-order valence-corrected chi connectivity index (χ4v) is 1.09. The number of allylic oxidation sites excluding steroid dienone is 1. The van der Waals surface area contributed by atoms with Gasteiger partial charge in [0.2, 0.25) is 0 Å². The highest BCUT2D eigenvalue weighted by Gasteiger charge is 2.04. The monoisotopic (exact) mass is 214 g/mol. The van der Waals surface area contributed by atoms with Crippen molar-refractivity contribution in [2.24, 2.45) is 5.92 Å². The first-order valence-corrected chi connectivity index (χ1v) is 5.64. The normalized spacial score (nSPS) is 12.4. The largest absolute Gasteiger partial charge is 0.370 e. The zero-order chi connectivity index (χ0) is 11.1. The highest BCUT2D eigenvalue weighted by molar-refractivity contribution is 7.14. The van der Waals surface area contributed by atoms with Gasteiger partial charge < -0.3 is 10.4 Å². The van der Waals surface area contributed by atoms with Crippen LogP contribution in [-0.2, 0) is 0 Å².